The molecule has 1 aliphatic heterocycles. The van der Waals surface area contributed by atoms with Gasteiger partial charge in [0.15, 0.2) is 5.78 Å². The van der Waals surface area contributed by atoms with Gasteiger partial charge in [0.1, 0.15) is 5.60 Å². The number of nitrogens with one attached hydrogen (secondary N) is 1. The van der Waals surface area contributed by atoms with E-state index in [9.17, 15) is 27.6 Å². The summed E-state index contributed by atoms with van der Waals surface area (Å²) in [7, 11) is 0. The van der Waals surface area contributed by atoms with Crippen molar-refractivity contribution in [1.82, 2.24) is 10.2 Å². The van der Waals surface area contributed by atoms with E-state index < -0.39 is 41.2 Å². The van der Waals surface area contributed by atoms with Crippen LogP contribution in [-0.2, 0) is 15.7 Å². The second-order valence-corrected chi connectivity index (χ2v) is 8.56. The normalized spacial score (nSPS) is 16.5. The highest BCUT2D eigenvalue weighted by molar-refractivity contribution is 5.97. The number of hydrogen-bond donors (Lipinski definition) is 2. The fraction of sp³-hybridized carbons (Fsp3) is 0.571. The molecular weight excluding hydrogens is 415 g/mol. The third-order valence-electron chi connectivity index (χ3n) is 4.95. The van der Waals surface area contributed by atoms with E-state index in [4.69, 9.17) is 10.5 Å². The topological polar surface area (TPSA) is 102 Å². The molecule has 1 aliphatic rings. The summed E-state index contributed by atoms with van der Waals surface area (Å²) in [5, 5.41) is 2.33. The molecule has 172 valence electrons. The fourth-order valence-corrected chi connectivity index (χ4v) is 3.25. The zero-order valence-electron chi connectivity index (χ0n) is 17.8. The van der Waals surface area contributed by atoms with E-state index >= 15 is 0 Å². The molecule has 1 aromatic carbocycles. The number of nitrogens with two attached hydrogens (primary N) is 1. The number of benzene rings is 1. The van der Waals surface area contributed by atoms with E-state index in [0.29, 0.717) is 25.9 Å². The number of carbonyl (C=O) groups is 3. The molecule has 0 aliphatic carbocycles. The summed E-state index contributed by atoms with van der Waals surface area (Å²) in [6.07, 6.45) is -3.97. The van der Waals surface area contributed by atoms with E-state index in [-0.39, 0.29) is 18.0 Å². The Balaban J connectivity index is 1.84. The number of ether oxygens (including phenoxy) is 1. The van der Waals surface area contributed by atoms with Gasteiger partial charge in [-0.1, -0.05) is 6.07 Å². The number of Topliss-reactive ketones (excluding diaryl/α,β-unsaturated/α-hetero) is 1. The molecule has 0 bridgehead atoms. The summed E-state index contributed by atoms with van der Waals surface area (Å²) in [6.45, 7) is 5.75. The van der Waals surface area contributed by atoms with Crippen LogP contribution in [0.2, 0.25) is 0 Å². The lowest BCUT2D eigenvalue weighted by molar-refractivity contribution is -0.137. The van der Waals surface area contributed by atoms with Crippen LogP contribution in [0.4, 0.5) is 18.0 Å². The number of nitrogens with zero attached hydrogens (tertiary/aromatic N) is 1. The molecule has 0 spiro atoms. The van der Waals surface area contributed by atoms with E-state index in [1.165, 1.54) is 6.07 Å². The maximum atomic E-state index is 12.8. The van der Waals surface area contributed by atoms with Crippen molar-refractivity contribution < 1.29 is 32.3 Å². The number of alkyl halides is 3. The first kappa shape index (κ1) is 24.6. The maximum absolute atomic E-state index is 12.8. The Morgan fingerprint density at radius 2 is 1.81 bits per heavy atom. The largest absolute Gasteiger partial charge is 0.444 e. The zero-order chi connectivity index (χ0) is 23.4. The van der Waals surface area contributed by atoms with Crippen molar-refractivity contribution in [3.8, 4) is 0 Å². The van der Waals surface area contributed by atoms with Gasteiger partial charge in [0.2, 0.25) is 0 Å². The molecule has 10 heteroatoms. The SMILES string of the molecule is CC(C)(C)OC(=O)N1CCC(C(N)C(=O)CNC(=O)c2cccc(C(F)(F)F)c2)CC1. The Labute approximate surface area is 179 Å². The van der Waals surface area contributed by atoms with Crippen LogP contribution in [0.3, 0.4) is 0 Å². The number of ketones is 1. The van der Waals surface area contributed by atoms with Crippen LogP contribution in [0.1, 0.15) is 49.5 Å². The summed E-state index contributed by atoms with van der Waals surface area (Å²) in [5.41, 5.74) is 4.30. The van der Waals surface area contributed by atoms with Crippen LogP contribution in [0, 0.1) is 5.92 Å². The first-order valence-electron chi connectivity index (χ1n) is 9.99. The molecule has 1 atom stereocenters. The average Bonchev–Trinajstić information content (AvgIpc) is 2.69. The van der Waals surface area contributed by atoms with Gasteiger partial charge < -0.3 is 20.7 Å². The van der Waals surface area contributed by atoms with Crippen LogP contribution in [0.25, 0.3) is 0 Å². The molecule has 1 unspecified atom stereocenters. The average molecular weight is 443 g/mol. The van der Waals surface area contributed by atoms with Crippen LogP contribution in [-0.4, -0.2) is 54.0 Å². The quantitative estimate of drug-likeness (QED) is 0.729. The molecule has 2 rings (SSSR count). The molecule has 0 radical (unpaired) electrons. The second kappa shape index (κ2) is 9.67. The van der Waals surface area contributed by atoms with Crippen molar-refractivity contribution in [1.29, 1.82) is 0 Å². The van der Waals surface area contributed by atoms with Crippen molar-refractivity contribution in [3.05, 3.63) is 35.4 Å². The first-order valence-corrected chi connectivity index (χ1v) is 9.99. The Morgan fingerprint density at radius 1 is 1.19 bits per heavy atom. The van der Waals surface area contributed by atoms with Crippen molar-refractivity contribution in [2.45, 2.75) is 51.4 Å². The van der Waals surface area contributed by atoms with Crippen LogP contribution < -0.4 is 11.1 Å². The molecule has 1 heterocycles. The van der Waals surface area contributed by atoms with Crippen LogP contribution in [0.5, 0.6) is 0 Å². The van der Waals surface area contributed by atoms with Gasteiger partial charge in [-0.3, -0.25) is 9.59 Å². The van der Waals surface area contributed by atoms with E-state index in [0.717, 1.165) is 18.2 Å². The molecule has 1 saturated heterocycles. The van der Waals surface area contributed by atoms with Crippen molar-refractivity contribution >= 4 is 17.8 Å². The monoisotopic (exact) mass is 443 g/mol. The van der Waals surface area contributed by atoms with Gasteiger partial charge in [0, 0.05) is 18.7 Å². The van der Waals surface area contributed by atoms with Gasteiger partial charge in [-0.25, -0.2) is 4.79 Å². The number of hydrogen-bond acceptors (Lipinski definition) is 5. The molecular formula is C21H28F3N3O4. The summed E-state index contributed by atoms with van der Waals surface area (Å²) in [4.78, 5) is 38.2. The number of carbonyl (C=O) groups excluding carboxylic acids is 3. The maximum Gasteiger partial charge on any atom is 0.416 e. The molecule has 0 aromatic heterocycles. The second-order valence-electron chi connectivity index (χ2n) is 8.56. The third-order valence-corrected chi connectivity index (χ3v) is 4.95. The summed E-state index contributed by atoms with van der Waals surface area (Å²) in [6, 6.07) is 3.11. The molecule has 1 aromatic rings. The molecule has 31 heavy (non-hydrogen) atoms. The van der Waals surface area contributed by atoms with Gasteiger partial charge >= 0.3 is 12.3 Å². The number of halogens is 3. The summed E-state index contributed by atoms with van der Waals surface area (Å²) in [5.74, 6) is -1.38. The van der Waals surface area contributed by atoms with E-state index in [2.05, 4.69) is 5.32 Å². The molecule has 1 fully saturated rings. The number of likely N-dealkylation sites (tertiary alicyclic amines) is 1. The van der Waals surface area contributed by atoms with Gasteiger partial charge in [-0.15, -0.1) is 0 Å². The minimum atomic E-state index is -4.57. The van der Waals surface area contributed by atoms with Crippen molar-refractivity contribution in [2.24, 2.45) is 11.7 Å². The van der Waals surface area contributed by atoms with Gasteiger partial charge in [-0.05, 0) is 57.7 Å². The lowest BCUT2D eigenvalue weighted by Crippen LogP contribution is -2.49. The Bertz CT molecular complexity index is 813. The minimum absolute atomic E-state index is 0.170. The van der Waals surface area contributed by atoms with Crippen LogP contribution in [0.15, 0.2) is 24.3 Å². The number of amides is 2. The predicted octanol–water partition coefficient (Wildman–Crippen LogP) is 2.98. The third kappa shape index (κ3) is 7.23. The van der Waals surface area contributed by atoms with Gasteiger partial charge in [0.05, 0.1) is 18.2 Å². The highest BCUT2D eigenvalue weighted by Crippen LogP contribution is 2.29. The molecule has 7 nitrogen and oxygen atoms in total. The fourth-order valence-electron chi connectivity index (χ4n) is 3.25. The van der Waals surface area contributed by atoms with Crippen LogP contribution >= 0.6 is 0 Å². The highest BCUT2D eigenvalue weighted by Gasteiger charge is 2.33. The Hall–Kier alpha value is -2.62. The minimum Gasteiger partial charge on any atom is -0.444 e. The lowest BCUT2D eigenvalue weighted by atomic mass is 9.87. The Kier molecular flexibility index (Phi) is 7.69. The smallest absolute Gasteiger partial charge is 0.416 e. The van der Waals surface area contributed by atoms with E-state index in [1.54, 1.807) is 25.7 Å². The summed E-state index contributed by atoms with van der Waals surface area (Å²) >= 11 is 0. The standard InChI is InChI=1S/C21H28F3N3O4/c1-20(2,3)31-19(30)27-9-7-13(8-10-27)17(25)16(28)12-26-18(29)14-5-4-6-15(11-14)21(22,23)24/h4-6,11,13,17H,7-10,12,25H2,1-3H3,(H,26,29). The Morgan fingerprint density at radius 3 is 2.35 bits per heavy atom. The predicted molar refractivity (Wildman–Crippen MR) is 107 cm³/mol. The van der Waals surface area contributed by atoms with E-state index in [1.807, 2.05) is 0 Å². The molecule has 2 amide bonds. The number of piperidine rings is 1. The lowest BCUT2D eigenvalue weighted by Gasteiger charge is -2.35. The highest BCUT2D eigenvalue weighted by atomic mass is 19.4. The van der Waals surface area contributed by atoms with Gasteiger partial charge in [0.25, 0.3) is 5.91 Å². The van der Waals surface area contributed by atoms with Crippen molar-refractivity contribution in [3.63, 3.8) is 0 Å². The first-order chi connectivity index (χ1) is 14.3. The molecule has 3 N–H and O–H groups in total. The zero-order valence-corrected chi connectivity index (χ0v) is 17.8. The number of rotatable bonds is 5. The summed E-state index contributed by atoms with van der Waals surface area (Å²) < 4.78 is 43.7. The molecule has 0 saturated carbocycles. The van der Waals surface area contributed by atoms with Gasteiger partial charge in [-0.2, -0.15) is 13.2 Å². The van der Waals surface area contributed by atoms with Crippen molar-refractivity contribution in [2.75, 3.05) is 19.6 Å².